The molecule has 0 aromatic heterocycles. The summed E-state index contributed by atoms with van der Waals surface area (Å²) in [5, 5.41) is 16.8. The van der Waals surface area contributed by atoms with Crippen molar-refractivity contribution in [3.05, 3.63) is 59.7 Å². The topological polar surface area (TPSA) is 134 Å². The summed E-state index contributed by atoms with van der Waals surface area (Å²) in [5.74, 6) is -2.03. The Kier molecular flexibility index (Phi) is 7.10. The molecule has 0 saturated heterocycles. The Bertz CT molecular complexity index is 1050. The third-order valence-corrected chi connectivity index (χ3v) is 6.00. The van der Waals surface area contributed by atoms with Gasteiger partial charge in [0.15, 0.2) is 0 Å². The molecule has 2 aromatic carbocycles. The van der Waals surface area contributed by atoms with Crippen LogP contribution >= 0.6 is 0 Å². The average molecular weight is 466 g/mol. The third kappa shape index (κ3) is 5.54. The van der Waals surface area contributed by atoms with E-state index in [4.69, 9.17) is 9.84 Å². The highest BCUT2D eigenvalue weighted by Crippen LogP contribution is 2.44. The van der Waals surface area contributed by atoms with Crippen LogP contribution in [-0.2, 0) is 19.1 Å². The first-order chi connectivity index (χ1) is 16.4. The summed E-state index contributed by atoms with van der Waals surface area (Å²) in [4.78, 5) is 47.7. The molecule has 178 valence electrons. The van der Waals surface area contributed by atoms with Crippen LogP contribution in [0.4, 0.5) is 4.79 Å². The molecule has 9 heteroatoms. The lowest BCUT2D eigenvalue weighted by atomic mass is 9.98. The third-order valence-electron chi connectivity index (χ3n) is 6.00. The van der Waals surface area contributed by atoms with E-state index in [0.717, 1.165) is 35.1 Å². The normalized spacial score (nSPS) is 14.9. The van der Waals surface area contributed by atoms with E-state index in [0.29, 0.717) is 0 Å². The molecule has 4 N–H and O–H groups in total. The molecule has 0 aliphatic heterocycles. The van der Waals surface area contributed by atoms with E-state index < -0.39 is 30.4 Å². The lowest BCUT2D eigenvalue weighted by molar-refractivity contribution is -0.139. The summed E-state index contributed by atoms with van der Waals surface area (Å²) in [5.41, 5.74) is 4.27. The summed E-state index contributed by atoms with van der Waals surface area (Å²) < 4.78 is 5.41. The van der Waals surface area contributed by atoms with Gasteiger partial charge in [-0.1, -0.05) is 48.5 Å². The molecule has 1 atom stereocenters. The number of benzene rings is 2. The summed E-state index contributed by atoms with van der Waals surface area (Å²) >= 11 is 0. The van der Waals surface area contributed by atoms with Gasteiger partial charge in [0.1, 0.15) is 12.6 Å². The van der Waals surface area contributed by atoms with Crippen molar-refractivity contribution < 1.29 is 29.0 Å². The Labute approximate surface area is 196 Å². The monoisotopic (exact) mass is 465 g/mol. The zero-order chi connectivity index (χ0) is 24.1. The van der Waals surface area contributed by atoms with Gasteiger partial charge in [-0.3, -0.25) is 14.4 Å². The predicted molar refractivity (Wildman–Crippen MR) is 123 cm³/mol. The maximum atomic E-state index is 12.5. The highest BCUT2D eigenvalue weighted by molar-refractivity contribution is 5.89. The van der Waals surface area contributed by atoms with Gasteiger partial charge in [-0.25, -0.2) is 4.79 Å². The van der Waals surface area contributed by atoms with E-state index in [1.54, 1.807) is 0 Å². The smallest absolute Gasteiger partial charge is 0.407 e. The molecule has 0 spiro atoms. The Balaban J connectivity index is 1.31. The number of fused-ring (bicyclic) bond motifs is 3. The lowest BCUT2D eigenvalue weighted by Crippen LogP contribution is -2.49. The number of carbonyl (C=O) groups is 4. The lowest BCUT2D eigenvalue weighted by Gasteiger charge is -2.19. The Morgan fingerprint density at radius 1 is 0.912 bits per heavy atom. The molecule has 9 nitrogen and oxygen atoms in total. The van der Waals surface area contributed by atoms with Gasteiger partial charge in [0.2, 0.25) is 11.8 Å². The van der Waals surface area contributed by atoms with Gasteiger partial charge >= 0.3 is 12.1 Å². The summed E-state index contributed by atoms with van der Waals surface area (Å²) in [6, 6.07) is 14.5. The van der Waals surface area contributed by atoms with Crippen LogP contribution in [0.15, 0.2) is 48.5 Å². The number of alkyl carbamates (subject to hydrolysis) is 1. The van der Waals surface area contributed by atoms with Crippen molar-refractivity contribution in [3.63, 3.8) is 0 Å². The molecule has 0 heterocycles. The first kappa shape index (κ1) is 23.3. The van der Waals surface area contributed by atoms with Crippen LogP contribution in [0.2, 0.25) is 0 Å². The molecule has 0 radical (unpaired) electrons. The van der Waals surface area contributed by atoms with Crippen LogP contribution in [-0.4, -0.2) is 54.7 Å². The number of rotatable bonds is 10. The molecular formula is C25H27N3O6. The second-order valence-corrected chi connectivity index (χ2v) is 8.48. The molecule has 2 aliphatic rings. The minimum atomic E-state index is -1.30. The molecule has 1 saturated carbocycles. The highest BCUT2D eigenvalue weighted by atomic mass is 16.5. The first-order valence-electron chi connectivity index (χ1n) is 11.3. The van der Waals surface area contributed by atoms with Crippen molar-refractivity contribution in [1.82, 2.24) is 16.0 Å². The number of ether oxygens (including phenoxy) is 1. The molecule has 34 heavy (non-hydrogen) atoms. The molecule has 3 amide bonds. The summed E-state index contributed by atoms with van der Waals surface area (Å²) in [7, 11) is 0. The second kappa shape index (κ2) is 10.4. The number of carboxylic acids is 1. The van der Waals surface area contributed by atoms with Gasteiger partial charge in [0, 0.05) is 24.9 Å². The van der Waals surface area contributed by atoms with E-state index in [1.165, 1.54) is 0 Å². The zero-order valence-corrected chi connectivity index (χ0v) is 18.6. The first-order valence-corrected chi connectivity index (χ1v) is 11.3. The number of nitrogens with one attached hydrogen (secondary N) is 3. The van der Waals surface area contributed by atoms with Gasteiger partial charge in [0.05, 0.1) is 6.42 Å². The van der Waals surface area contributed by atoms with Gasteiger partial charge in [0.25, 0.3) is 0 Å². The Morgan fingerprint density at radius 2 is 1.50 bits per heavy atom. The van der Waals surface area contributed by atoms with E-state index in [-0.39, 0.29) is 37.4 Å². The number of amides is 3. The fourth-order valence-corrected chi connectivity index (χ4v) is 4.15. The fraction of sp³-hybridized carbons (Fsp3) is 0.360. The van der Waals surface area contributed by atoms with Crippen LogP contribution in [0.1, 0.15) is 36.3 Å². The molecule has 2 aromatic rings. The van der Waals surface area contributed by atoms with Gasteiger partial charge in [-0.15, -0.1) is 0 Å². The van der Waals surface area contributed by atoms with E-state index in [9.17, 15) is 19.2 Å². The van der Waals surface area contributed by atoms with E-state index in [2.05, 4.69) is 16.0 Å². The largest absolute Gasteiger partial charge is 0.481 e. The van der Waals surface area contributed by atoms with Crippen LogP contribution in [0.5, 0.6) is 0 Å². The van der Waals surface area contributed by atoms with Gasteiger partial charge < -0.3 is 25.8 Å². The molecule has 2 aliphatic carbocycles. The quantitative estimate of drug-likeness (QED) is 0.397. The predicted octanol–water partition coefficient (Wildman–Crippen LogP) is 2.01. The van der Waals surface area contributed by atoms with Crippen molar-refractivity contribution in [1.29, 1.82) is 0 Å². The van der Waals surface area contributed by atoms with Crippen molar-refractivity contribution in [2.45, 2.75) is 31.2 Å². The van der Waals surface area contributed by atoms with Crippen molar-refractivity contribution in [2.24, 2.45) is 5.92 Å². The molecule has 1 fully saturated rings. The number of hydrogen-bond donors (Lipinski definition) is 4. The van der Waals surface area contributed by atoms with Crippen LogP contribution in [0.3, 0.4) is 0 Å². The van der Waals surface area contributed by atoms with Crippen molar-refractivity contribution in [2.75, 3.05) is 19.7 Å². The zero-order valence-electron chi connectivity index (χ0n) is 18.6. The average Bonchev–Trinajstić information content (AvgIpc) is 3.63. The summed E-state index contributed by atoms with van der Waals surface area (Å²) in [6.45, 7) is 0.403. The standard InChI is InChI=1S/C25H27N3O6/c29-22(30)13-21(24(32)27-12-11-26-23(31)15-9-10-15)28-25(33)34-14-20-18-7-3-1-5-16(18)17-6-2-4-8-19(17)20/h1-8,15,20-21H,9-14H2,(H,26,31)(H,27,32)(H,28,33)(H,29,30). The van der Waals surface area contributed by atoms with E-state index >= 15 is 0 Å². The van der Waals surface area contributed by atoms with Crippen LogP contribution in [0, 0.1) is 5.92 Å². The number of carboxylic acid groups (broad SMARTS) is 1. The van der Waals surface area contributed by atoms with Gasteiger partial charge in [-0.05, 0) is 35.1 Å². The number of carbonyl (C=O) groups excluding carboxylic acids is 3. The SMILES string of the molecule is O=C(O)CC(NC(=O)OCC1c2ccccc2-c2ccccc21)C(=O)NCCNC(=O)C1CC1. The van der Waals surface area contributed by atoms with Gasteiger partial charge in [-0.2, -0.15) is 0 Å². The molecule has 0 bridgehead atoms. The minimum Gasteiger partial charge on any atom is -0.481 e. The highest BCUT2D eigenvalue weighted by Gasteiger charge is 2.31. The van der Waals surface area contributed by atoms with E-state index in [1.807, 2.05) is 48.5 Å². The van der Waals surface area contributed by atoms with Crippen LogP contribution in [0.25, 0.3) is 11.1 Å². The fourth-order valence-electron chi connectivity index (χ4n) is 4.15. The maximum Gasteiger partial charge on any atom is 0.407 e. The van der Waals surface area contributed by atoms with Crippen LogP contribution < -0.4 is 16.0 Å². The maximum absolute atomic E-state index is 12.5. The van der Waals surface area contributed by atoms with Crippen molar-refractivity contribution >= 4 is 23.9 Å². The Hall–Kier alpha value is -3.88. The molecule has 4 rings (SSSR count). The minimum absolute atomic E-state index is 0.0481. The Morgan fingerprint density at radius 3 is 2.09 bits per heavy atom. The second-order valence-electron chi connectivity index (χ2n) is 8.48. The van der Waals surface area contributed by atoms with Crippen molar-refractivity contribution in [3.8, 4) is 11.1 Å². The summed E-state index contributed by atoms with van der Waals surface area (Å²) in [6.07, 6.45) is 0.293. The number of aliphatic carboxylic acids is 1. The molecular weight excluding hydrogens is 438 g/mol. The number of hydrogen-bond acceptors (Lipinski definition) is 5. The molecule has 1 unspecified atom stereocenters.